The van der Waals surface area contributed by atoms with Crippen molar-refractivity contribution in [3.63, 3.8) is 0 Å². The minimum Gasteiger partial charge on any atom is -0.454 e. The number of aromatic nitrogens is 2. The molecule has 11 heteroatoms. The molecule has 0 atom stereocenters. The van der Waals surface area contributed by atoms with Gasteiger partial charge in [0, 0.05) is 11.6 Å². The van der Waals surface area contributed by atoms with Crippen molar-refractivity contribution in [1.82, 2.24) is 10.1 Å². The number of carbonyl (C=O) groups is 1. The first-order valence-electron chi connectivity index (χ1n) is 8.31. The van der Waals surface area contributed by atoms with E-state index in [-0.39, 0.29) is 28.3 Å². The number of hydrogen-bond donors (Lipinski definition) is 0. The Morgan fingerprint density at radius 1 is 1.03 bits per heavy atom. The molecular formula is C19H12F6N2O3. The van der Waals surface area contributed by atoms with Gasteiger partial charge in [0.25, 0.3) is 0 Å². The lowest BCUT2D eigenvalue weighted by molar-refractivity contribution is -0.141. The van der Waals surface area contributed by atoms with Gasteiger partial charge in [-0.15, -0.1) is 0 Å². The Balaban J connectivity index is 1.73. The SMILES string of the molecule is Cc1nc(C(F)(F)F)ccc1C(=O)OCc1cc(-c2ccccc2C(F)(F)F)no1. The molecule has 5 nitrogen and oxygen atoms in total. The highest BCUT2D eigenvalue weighted by Gasteiger charge is 2.34. The van der Waals surface area contributed by atoms with Crippen LogP contribution in [0, 0.1) is 6.92 Å². The fourth-order valence-electron chi connectivity index (χ4n) is 2.61. The van der Waals surface area contributed by atoms with Crippen molar-refractivity contribution in [2.45, 2.75) is 25.9 Å². The van der Waals surface area contributed by atoms with Crippen LogP contribution in [-0.2, 0) is 23.7 Å². The van der Waals surface area contributed by atoms with Gasteiger partial charge >= 0.3 is 18.3 Å². The van der Waals surface area contributed by atoms with Crippen molar-refractivity contribution < 1.29 is 40.4 Å². The molecule has 0 aliphatic carbocycles. The van der Waals surface area contributed by atoms with Gasteiger partial charge in [-0.05, 0) is 25.1 Å². The number of alkyl halides is 6. The van der Waals surface area contributed by atoms with E-state index < -0.39 is 36.2 Å². The van der Waals surface area contributed by atoms with Crippen LogP contribution in [0.4, 0.5) is 26.3 Å². The number of pyridine rings is 1. The first kappa shape index (κ1) is 21.3. The third kappa shape index (κ3) is 4.61. The van der Waals surface area contributed by atoms with E-state index in [9.17, 15) is 31.1 Å². The number of benzene rings is 1. The summed E-state index contributed by atoms with van der Waals surface area (Å²) in [5, 5.41) is 3.56. The second kappa shape index (κ2) is 7.81. The zero-order chi connectivity index (χ0) is 22.1. The molecule has 0 unspecified atom stereocenters. The van der Waals surface area contributed by atoms with Crippen molar-refractivity contribution in [2.24, 2.45) is 0 Å². The van der Waals surface area contributed by atoms with Gasteiger partial charge in [0.1, 0.15) is 11.4 Å². The van der Waals surface area contributed by atoms with Crippen LogP contribution in [0.25, 0.3) is 11.3 Å². The summed E-state index contributed by atoms with van der Waals surface area (Å²) in [5.74, 6) is -1.02. The van der Waals surface area contributed by atoms with E-state index in [0.717, 1.165) is 12.1 Å². The molecule has 3 rings (SSSR count). The van der Waals surface area contributed by atoms with Crippen LogP contribution < -0.4 is 0 Å². The zero-order valence-electron chi connectivity index (χ0n) is 15.1. The van der Waals surface area contributed by atoms with Crippen molar-refractivity contribution in [3.05, 3.63) is 70.7 Å². The smallest absolute Gasteiger partial charge is 0.433 e. The van der Waals surface area contributed by atoms with Crippen molar-refractivity contribution in [2.75, 3.05) is 0 Å². The fraction of sp³-hybridized carbons (Fsp3) is 0.211. The van der Waals surface area contributed by atoms with Crippen LogP contribution >= 0.6 is 0 Å². The van der Waals surface area contributed by atoms with E-state index in [1.807, 2.05) is 0 Å². The van der Waals surface area contributed by atoms with Crippen LogP contribution in [0.2, 0.25) is 0 Å². The summed E-state index contributed by atoms with van der Waals surface area (Å²) >= 11 is 0. The number of ether oxygens (including phenoxy) is 1. The molecule has 2 aromatic heterocycles. The molecule has 0 spiro atoms. The summed E-state index contributed by atoms with van der Waals surface area (Å²) in [6, 6.07) is 7.49. The number of esters is 1. The highest BCUT2D eigenvalue weighted by Crippen LogP contribution is 2.36. The molecule has 0 saturated carbocycles. The minimum absolute atomic E-state index is 0.0483. The summed E-state index contributed by atoms with van der Waals surface area (Å²) in [7, 11) is 0. The zero-order valence-corrected chi connectivity index (χ0v) is 15.1. The van der Waals surface area contributed by atoms with E-state index in [0.29, 0.717) is 6.07 Å². The molecule has 3 aromatic rings. The Morgan fingerprint density at radius 2 is 1.73 bits per heavy atom. The summed E-state index contributed by atoms with van der Waals surface area (Å²) < 4.78 is 87.2. The summed E-state index contributed by atoms with van der Waals surface area (Å²) in [6.07, 6.45) is -9.26. The van der Waals surface area contributed by atoms with Gasteiger partial charge in [0.05, 0.1) is 16.8 Å². The number of nitrogens with zero attached hydrogens (tertiary/aromatic N) is 2. The fourth-order valence-corrected chi connectivity index (χ4v) is 2.61. The quantitative estimate of drug-likeness (QED) is 0.408. The van der Waals surface area contributed by atoms with Gasteiger partial charge in [-0.25, -0.2) is 9.78 Å². The molecule has 0 aliphatic heterocycles. The maximum absolute atomic E-state index is 13.1. The molecule has 30 heavy (non-hydrogen) atoms. The van der Waals surface area contributed by atoms with Crippen molar-refractivity contribution in [3.8, 4) is 11.3 Å². The van der Waals surface area contributed by atoms with E-state index in [2.05, 4.69) is 10.1 Å². The van der Waals surface area contributed by atoms with Gasteiger partial charge in [-0.3, -0.25) is 0 Å². The number of halogens is 6. The summed E-state index contributed by atoms with van der Waals surface area (Å²) in [5.41, 5.74) is -2.76. The number of aryl methyl sites for hydroxylation is 1. The Hall–Kier alpha value is -3.37. The van der Waals surface area contributed by atoms with E-state index in [1.54, 1.807) is 0 Å². The minimum atomic E-state index is -4.66. The molecule has 0 aliphatic rings. The molecule has 0 saturated heterocycles. The molecule has 0 fully saturated rings. The van der Waals surface area contributed by atoms with Gasteiger partial charge in [0.15, 0.2) is 12.4 Å². The van der Waals surface area contributed by atoms with E-state index in [1.165, 1.54) is 31.2 Å². The van der Waals surface area contributed by atoms with Crippen LogP contribution in [0.1, 0.15) is 33.1 Å². The topological polar surface area (TPSA) is 65.2 Å². The Kier molecular flexibility index (Phi) is 5.55. The highest BCUT2D eigenvalue weighted by atomic mass is 19.4. The average Bonchev–Trinajstić information content (AvgIpc) is 3.13. The molecule has 1 aromatic carbocycles. The second-order valence-electron chi connectivity index (χ2n) is 6.13. The van der Waals surface area contributed by atoms with E-state index >= 15 is 0 Å². The molecular weight excluding hydrogens is 418 g/mol. The monoisotopic (exact) mass is 430 g/mol. The molecule has 0 radical (unpaired) electrons. The van der Waals surface area contributed by atoms with Gasteiger partial charge in [-0.2, -0.15) is 26.3 Å². The van der Waals surface area contributed by atoms with Crippen LogP contribution in [0.5, 0.6) is 0 Å². The molecule has 0 N–H and O–H groups in total. The summed E-state index contributed by atoms with van der Waals surface area (Å²) in [6.45, 7) is 0.729. The lowest BCUT2D eigenvalue weighted by Crippen LogP contribution is -2.13. The third-order valence-electron chi connectivity index (χ3n) is 4.01. The maximum atomic E-state index is 13.1. The Bertz CT molecular complexity index is 1070. The Morgan fingerprint density at radius 3 is 2.37 bits per heavy atom. The molecule has 158 valence electrons. The molecule has 0 bridgehead atoms. The van der Waals surface area contributed by atoms with Crippen LogP contribution in [0.15, 0.2) is 47.0 Å². The van der Waals surface area contributed by atoms with Crippen LogP contribution in [-0.4, -0.2) is 16.1 Å². The van der Waals surface area contributed by atoms with Crippen molar-refractivity contribution in [1.29, 1.82) is 0 Å². The van der Waals surface area contributed by atoms with Gasteiger partial charge in [-0.1, -0.05) is 23.4 Å². The predicted octanol–water partition coefficient (Wildman–Crippen LogP) is 5.44. The lowest BCUT2D eigenvalue weighted by Gasteiger charge is -2.10. The lowest BCUT2D eigenvalue weighted by atomic mass is 10.0. The molecule has 2 heterocycles. The summed E-state index contributed by atoms with van der Waals surface area (Å²) in [4.78, 5) is 15.4. The predicted molar refractivity (Wildman–Crippen MR) is 90.0 cm³/mol. The van der Waals surface area contributed by atoms with Crippen molar-refractivity contribution >= 4 is 5.97 Å². The maximum Gasteiger partial charge on any atom is 0.433 e. The average molecular weight is 430 g/mol. The van der Waals surface area contributed by atoms with Gasteiger partial charge in [0.2, 0.25) is 0 Å². The molecule has 0 amide bonds. The van der Waals surface area contributed by atoms with E-state index in [4.69, 9.17) is 9.26 Å². The normalized spacial score (nSPS) is 12.1. The first-order chi connectivity index (χ1) is 14.0. The number of rotatable bonds is 4. The van der Waals surface area contributed by atoms with Gasteiger partial charge < -0.3 is 9.26 Å². The third-order valence-corrected chi connectivity index (χ3v) is 4.01. The highest BCUT2D eigenvalue weighted by molar-refractivity contribution is 5.90. The first-order valence-corrected chi connectivity index (χ1v) is 8.31. The Labute approximate surface area is 165 Å². The number of hydrogen-bond acceptors (Lipinski definition) is 5. The standard InChI is InChI=1S/C19H12F6N2O3/c1-10-12(6-7-16(26-10)19(23,24)25)17(28)29-9-11-8-15(27-30-11)13-4-2-3-5-14(13)18(20,21)22/h2-8H,9H2,1H3. The van der Waals surface area contributed by atoms with Crippen LogP contribution in [0.3, 0.4) is 0 Å². The number of carbonyl (C=O) groups excluding carboxylic acids is 1. The largest absolute Gasteiger partial charge is 0.454 e. The second-order valence-corrected chi connectivity index (χ2v) is 6.13.